The summed E-state index contributed by atoms with van der Waals surface area (Å²) in [6.07, 6.45) is 1.64. The minimum Gasteiger partial charge on any atom is -0.493 e. The number of allylic oxidation sites excluding steroid dienone is 1. The van der Waals surface area contributed by atoms with Crippen LogP contribution in [-0.4, -0.2) is 50.0 Å². The number of nitrogens with zero attached hydrogens (tertiary/aromatic N) is 2. The first kappa shape index (κ1) is 29.6. The van der Waals surface area contributed by atoms with Gasteiger partial charge in [-0.1, -0.05) is 29.5 Å². The Hall–Kier alpha value is -4.38. The van der Waals surface area contributed by atoms with Crippen LogP contribution in [0.4, 0.5) is 0 Å². The number of esters is 2. The lowest BCUT2D eigenvalue weighted by atomic mass is 9.95. The minimum absolute atomic E-state index is 0.0750. The van der Waals surface area contributed by atoms with Crippen molar-refractivity contribution in [2.24, 2.45) is 4.99 Å². The zero-order chi connectivity index (χ0) is 29.7. The third-order valence-corrected chi connectivity index (χ3v) is 7.11. The van der Waals surface area contributed by atoms with Gasteiger partial charge in [0, 0.05) is 0 Å². The zero-order valence-corrected chi connectivity index (χ0v) is 24.6. The van der Waals surface area contributed by atoms with Crippen molar-refractivity contribution in [1.82, 2.24) is 4.57 Å². The van der Waals surface area contributed by atoms with E-state index in [1.165, 1.54) is 30.1 Å². The van der Waals surface area contributed by atoms with Crippen LogP contribution in [0.5, 0.6) is 17.2 Å². The Kier molecular flexibility index (Phi) is 9.28. The van der Waals surface area contributed by atoms with E-state index in [1.807, 2.05) is 26.0 Å². The molecule has 1 aromatic heterocycles. The molecule has 0 aliphatic carbocycles. The highest BCUT2D eigenvalue weighted by atomic mass is 32.1. The highest BCUT2D eigenvalue weighted by Crippen LogP contribution is 2.36. The number of methoxy groups -OCH3 is 2. The summed E-state index contributed by atoms with van der Waals surface area (Å²) in [5.74, 6) is 0.416. The summed E-state index contributed by atoms with van der Waals surface area (Å²) >= 11 is 1.21. The van der Waals surface area contributed by atoms with E-state index in [4.69, 9.17) is 18.9 Å². The summed E-state index contributed by atoms with van der Waals surface area (Å²) in [7, 11) is 2.82. The lowest BCUT2D eigenvalue weighted by molar-refractivity contribution is -0.143. The van der Waals surface area contributed by atoms with Crippen molar-refractivity contribution in [2.75, 3.05) is 27.4 Å². The van der Waals surface area contributed by atoms with Crippen LogP contribution in [0, 0.1) is 0 Å². The molecular formula is C30H32N2O8S. The summed E-state index contributed by atoms with van der Waals surface area (Å²) in [5, 5.41) is 0. The lowest BCUT2D eigenvalue weighted by Gasteiger charge is -2.25. The quantitative estimate of drug-likeness (QED) is 0.336. The summed E-state index contributed by atoms with van der Waals surface area (Å²) in [6, 6.07) is 11.5. The van der Waals surface area contributed by atoms with Crippen molar-refractivity contribution in [3.05, 3.63) is 84.5 Å². The molecule has 2 heterocycles. The molecule has 216 valence electrons. The lowest BCUT2D eigenvalue weighted by Crippen LogP contribution is -2.40. The van der Waals surface area contributed by atoms with Crippen LogP contribution in [-0.2, 0) is 19.1 Å². The number of benzene rings is 2. The fourth-order valence-corrected chi connectivity index (χ4v) is 5.41. The molecule has 0 fully saturated rings. The SMILES string of the molecule is CCOC(=O)C1=C(C)N=c2sc(=Cc3cccc(OCC(=O)OC)c3)c(=O)n2C1c1ccc(OC(C)C)c(OC)c1. The Morgan fingerprint density at radius 1 is 1.12 bits per heavy atom. The second-order valence-electron chi connectivity index (χ2n) is 9.32. The number of carbonyl (C=O) groups excluding carboxylic acids is 2. The van der Waals surface area contributed by atoms with Crippen molar-refractivity contribution in [3.63, 3.8) is 0 Å². The van der Waals surface area contributed by atoms with E-state index in [0.29, 0.717) is 43.4 Å². The van der Waals surface area contributed by atoms with Gasteiger partial charge in [0.2, 0.25) is 0 Å². The van der Waals surface area contributed by atoms with E-state index >= 15 is 0 Å². The van der Waals surface area contributed by atoms with E-state index in [-0.39, 0.29) is 30.5 Å². The number of aromatic nitrogens is 1. The summed E-state index contributed by atoms with van der Waals surface area (Å²) in [4.78, 5) is 43.6. The first-order valence-corrected chi connectivity index (χ1v) is 13.8. The van der Waals surface area contributed by atoms with Crippen LogP contribution in [0.2, 0.25) is 0 Å². The van der Waals surface area contributed by atoms with E-state index in [0.717, 1.165) is 0 Å². The minimum atomic E-state index is -0.802. The maximum absolute atomic E-state index is 13.9. The van der Waals surface area contributed by atoms with Crippen molar-refractivity contribution in [3.8, 4) is 17.2 Å². The van der Waals surface area contributed by atoms with E-state index < -0.39 is 18.0 Å². The molecule has 1 atom stereocenters. The van der Waals surface area contributed by atoms with Gasteiger partial charge in [-0.3, -0.25) is 9.36 Å². The molecule has 0 N–H and O–H groups in total. The van der Waals surface area contributed by atoms with Crippen LogP contribution in [0.1, 0.15) is 44.9 Å². The maximum Gasteiger partial charge on any atom is 0.343 e. The molecule has 0 bridgehead atoms. The number of carbonyl (C=O) groups is 2. The molecule has 1 unspecified atom stereocenters. The molecule has 0 spiro atoms. The third-order valence-electron chi connectivity index (χ3n) is 6.12. The Morgan fingerprint density at radius 2 is 1.90 bits per heavy atom. The Labute approximate surface area is 241 Å². The van der Waals surface area contributed by atoms with Crippen molar-refractivity contribution in [2.45, 2.75) is 39.8 Å². The first-order valence-electron chi connectivity index (χ1n) is 13.0. The fraction of sp³-hybridized carbons (Fsp3) is 0.333. The van der Waals surface area contributed by atoms with Crippen LogP contribution >= 0.6 is 11.3 Å². The van der Waals surface area contributed by atoms with Crippen molar-refractivity contribution >= 4 is 29.4 Å². The largest absolute Gasteiger partial charge is 0.493 e. The second-order valence-corrected chi connectivity index (χ2v) is 10.3. The molecule has 0 amide bonds. The van der Waals surface area contributed by atoms with Crippen LogP contribution < -0.4 is 29.1 Å². The monoisotopic (exact) mass is 580 g/mol. The number of ether oxygens (including phenoxy) is 5. The van der Waals surface area contributed by atoms with E-state index in [1.54, 1.807) is 50.3 Å². The maximum atomic E-state index is 13.9. The molecule has 0 saturated carbocycles. The molecule has 11 heteroatoms. The van der Waals surface area contributed by atoms with Gasteiger partial charge in [-0.15, -0.1) is 0 Å². The van der Waals surface area contributed by atoms with Gasteiger partial charge in [0.1, 0.15) is 5.75 Å². The molecule has 2 aromatic carbocycles. The average Bonchev–Trinajstić information content (AvgIpc) is 3.25. The molecule has 1 aliphatic heterocycles. The number of hydrogen-bond acceptors (Lipinski definition) is 10. The Morgan fingerprint density at radius 3 is 2.59 bits per heavy atom. The standard InChI is InChI=1S/C30H32N2O8S/c1-7-38-29(35)26-18(4)31-30-32(27(26)20-11-12-22(40-17(2)3)23(15-20)36-5)28(34)24(41-30)14-19-9-8-10-21(13-19)39-16-25(33)37-6/h8-15,17,27H,7,16H2,1-6H3. The number of rotatable bonds is 10. The molecule has 41 heavy (non-hydrogen) atoms. The third kappa shape index (κ3) is 6.51. The second kappa shape index (κ2) is 12.9. The number of hydrogen-bond donors (Lipinski definition) is 0. The van der Waals surface area contributed by atoms with Gasteiger partial charge in [-0.25, -0.2) is 14.6 Å². The van der Waals surface area contributed by atoms with Gasteiger partial charge in [0.15, 0.2) is 22.9 Å². The molecule has 1 aliphatic rings. The summed E-state index contributed by atoms with van der Waals surface area (Å²) < 4.78 is 28.8. The van der Waals surface area contributed by atoms with Gasteiger partial charge in [-0.05, 0) is 69.2 Å². The van der Waals surface area contributed by atoms with Crippen LogP contribution in [0.25, 0.3) is 6.08 Å². The topological polar surface area (TPSA) is 115 Å². The Balaban J connectivity index is 1.85. The highest BCUT2D eigenvalue weighted by Gasteiger charge is 2.34. The van der Waals surface area contributed by atoms with Gasteiger partial charge in [-0.2, -0.15) is 0 Å². The molecule has 0 radical (unpaired) electrons. The normalized spacial score (nSPS) is 14.8. The van der Waals surface area contributed by atoms with E-state index in [9.17, 15) is 14.4 Å². The van der Waals surface area contributed by atoms with Gasteiger partial charge in [0.25, 0.3) is 5.56 Å². The van der Waals surface area contributed by atoms with Crippen LogP contribution in [0.3, 0.4) is 0 Å². The van der Waals surface area contributed by atoms with Gasteiger partial charge >= 0.3 is 11.9 Å². The number of thiazole rings is 1. The van der Waals surface area contributed by atoms with Crippen molar-refractivity contribution in [1.29, 1.82) is 0 Å². The summed E-state index contributed by atoms with van der Waals surface area (Å²) in [6.45, 7) is 7.22. The molecule has 10 nitrogen and oxygen atoms in total. The smallest absolute Gasteiger partial charge is 0.343 e. The fourth-order valence-electron chi connectivity index (χ4n) is 4.36. The molecule has 4 rings (SSSR count). The van der Waals surface area contributed by atoms with Gasteiger partial charge in [0.05, 0.1) is 48.8 Å². The average molecular weight is 581 g/mol. The molecule has 3 aromatic rings. The first-order chi connectivity index (χ1) is 19.7. The highest BCUT2D eigenvalue weighted by molar-refractivity contribution is 7.07. The molecular weight excluding hydrogens is 548 g/mol. The molecule has 0 saturated heterocycles. The zero-order valence-electron chi connectivity index (χ0n) is 23.8. The van der Waals surface area contributed by atoms with Gasteiger partial charge < -0.3 is 23.7 Å². The van der Waals surface area contributed by atoms with E-state index in [2.05, 4.69) is 9.73 Å². The number of fused-ring (bicyclic) bond motifs is 1. The predicted octanol–water partition coefficient (Wildman–Crippen LogP) is 3.15. The van der Waals surface area contributed by atoms with Crippen molar-refractivity contribution < 1.29 is 33.3 Å². The summed E-state index contributed by atoms with van der Waals surface area (Å²) in [5.41, 5.74) is 1.73. The van der Waals surface area contributed by atoms with Crippen LogP contribution in [0.15, 0.2) is 63.5 Å². The predicted molar refractivity (Wildman–Crippen MR) is 153 cm³/mol. The Bertz CT molecular complexity index is 1670.